The summed E-state index contributed by atoms with van der Waals surface area (Å²) in [6.45, 7) is 2.67. The number of nitrogens with zero attached hydrogens (tertiary/aromatic N) is 2. The Balaban J connectivity index is 1.70. The predicted octanol–water partition coefficient (Wildman–Crippen LogP) is 2.24. The Morgan fingerprint density at radius 2 is 1.86 bits per heavy atom. The summed E-state index contributed by atoms with van der Waals surface area (Å²) < 4.78 is 0. The topological polar surface area (TPSA) is 81.8 Å². The minimum absolute atomic E-state index is 0.0640. The summed E-state index contributed by atoms with van der Waals surface area (Å²) in [7, 11) is 3.48. The summed E-state index contributed by atoms with van der Waals surface area (Å²) in [6.07, 6.45) is 0.255. The fraction of sp³-hybridized carbons (Fsp3) is 0.318. The van der Waals surface area contributed by atoms with Crippen molar-refractivity contribution in [1.82, 2.24) is 10.2 Å². The second-order valence-electron chi connectivity index (χ2n) is 7.33. The molecule has 1 heterocycles. The molecular formula is C22H26N4O3. The second kappa shape index (κ2) is 8.87. The predicted molar refractivity (Wildman–Crippen MR) is 113 cm³/mol. The zero-order chi connectivity index (χ0) is 21.0. The van der Waals surface area contributed by atoms with E-state index >= 15 is 0 Å². The molecule has 0 saturated heterocycles. The van der Waals surface area contributed by atoms with Crippen molar-refractivity contribution >= 4 is 29.1 Å². The van der Waals surface area contributed by atoms with E-state index < -0.39 is 0 Å². The molecule has 152 valence electrons. The number of hydrogen-bond donors (Lipinski definition) is 2. The Bertz CT molecular complexity index is 911. The van der Waals surface area contributed by atoms with Gasteiger partial charge in [-0.05, 0) is 43.8 Å². The third-order valence-electron chi connectivity index (χ3n) is 4.93. The molecule has 1 aliphatic rings. The Hall–Kier alpha value is -3.19. The molecule has 0 spiro atoms. The molecule has 0 bridgehead atoms. The lowest BCUT2D eigenvalue weighted by Gasteiger charge is -2.29. The average molecular weight is 394 g/mol. The number of anilines is 2. The summed E-state index contributed by atoms with van der Waals surface area (Å²) in [5, 5.41) is 5.47. The third kappa shape index (κ3) is 4.81. The minimum atomic E-state index is -0.230. The highest BCUT2D eigenvalue weighted by molar-refractivity contribution is 6.04. The molecule has 0 saturated carbocycles. The first-order chi connectivity index (χ1) is 13.9. The van der Waals surface area contributed by atoms with Gasteiger partial charge in [0.05, 0.1) is 17.9 Å². The zero-order valence-electron chi connectivity index (χ0n) is 16.9. The highest BCUT2D eigenvalue weighted by atomic mass is 16.2. The van der Waals surface area contributed by atoms with Gasteiger partial charge in [-0.3, -0.25) is 19.3 Å². The molecule has 2 aromatic carbocycles. The Morgan fingerprint density at radius 1 is 1.17 bits per heavy atom. The lowest BCUT2D eigenvalue weighted by atomic mass is 10.1. The van der Waals surface area contributed by atoms with Crippen LogP contribution in [0.3, 0.4) is 0 Å². The molecule has 0 fully saturated rings. The normalized spacial score (nSPS) is 16.1. The maximum Gasteiger partial charge on any atom is 0.251 e. The van der Waals surface area contributed by atoms with Gasteiger partial charge >= 0.3 is 0 Å². The number of benzene rings is 2. The number of hydrogen-bond acceptors (Lipinski definition) is 4. The molecule has 1 atom stereocenters. The van der Waals surface area contributed by atoms with E-state index in [9.17, 15) is 14.4 Å². The van der Waals surface area contributed by atoms with E-state index in [4.69, 9.17) is 0 Å². The van der Waals surface area contributed by atoms with Crippen molar-refractivity contribution in [2.75, 3.05) is 30.9 Å². The average Bonchev–Trinajstić information content (AvgIpc) is 2.81. The van der Waals surface area contributed by atoms with Crippen LogP contribution in [0, 0.1) is 0 Å². The minimum Gasteiger partial charge on any atom is -0.355 e. The van der Waals surface area contributed by atoms with Crippen molar-refractivity contribution in [2.45, 2.75) is 25.9 Å². The maximum absolute atomic E-state index is 13.1. The molecule has 3 amide bonds. The van der Waals surface area contributed by atoms with E-state index in [1.165, 1.54) is 0 Å². The molecule has 29 heavy (non-hydrogen) atoms. The van der Waals surface area contributed by atoms with Crippen LogP contribution in [0.4, 0.5) is 11.4 Å². The Kier molecular flexibility index (Phi) is 6.29. The van der Waals surface area contributed by atoms with Crippen LogP contribution in [0.15, 0.2) is 48.5 Å². The van der Waals surface area contributed by atoms with Gasteiger partial charge in [-0.15, -0.1) is 0 Å². The fourth-order valence-corrected chi connectivity index (χ4v) is 3.55. The first-order valence-corrected chi connectivity index (χ1v) is 9.59. The molecule has 0 radical (unpaired) electrons. The Morgan fingerprint density at radius 3 is 2.55 bits per heavy atom. The van der Waals surface area contributed by atoms with Gasteiger partial charge < -0.3 is 15.5 Å². The molecule has 0 aromatic heterocycles. The lowest BCUT2D eigenvalue weighted by molar-refractivity contribution is -0.120. The van der Waals surface area contributed by atoms with E-state index in [-0.39, 0.29) is 36.7 Å². The number of carbonyl (C=O) groups is 3. The number of para-hydroxylation sites is 2. The fourth-order valence-electron chi connectivity index (χ4n) is 3.55. The van der Waals surface area contributed by atoms with Gasteiger partial charge in [0.25, 0.3) is 5.91 Å². The summed E-state index contributed by atoms with van der Waals surface area (Å²) in [6, 6.07) is 14.5. The SMILES string of the molecule is CNC(=O)c1ccc(CN(C)CC(=O)N2c3ccccc3NC(=O)C[C@@H]2C)cc1. The molecule has 0 unspecified atom stereocenters. The molecule has 2 N–H and O–H groups in total. The van der Waals surface area contributed by atoms with Gasteiger partial charge in [-0.1, -0.05) is 24.3 Å². The van der Waals surface area contributed by atoms with E-state index in [1.807, 2.05) is 55.3 Å². The molecule has 0 aliphatic carbocycles. The van der Waals surface area contributed by atoms with E-state index in [2.05, 4.69) is 10.6 Å². The van der Waals surface area contributed by atoms with Gasteiger partial charge in [-0.2, -0.15) is 0 Å². The molecule has 3 rings (SSSR count). The summed E-state index contributed by atoms with van der Waals surface area (Å²) >= 11 is 0. The first kappa shape index (κ1) is 20.5. The number of rotatable bonds is 5. The standard InChI is InChI=1S/C22H26N4O3/c1-15-12-20(27)24-18-6-4-5-7-19(18)26(15)21(28)14-25(3)13-16-8-10-17(11-9-16)22(29)23-2/h4-11,15H,12-14H2,1-3H3,(H,23,29)(H,24,27)/t15-/m0/s1. The van der Waals surface area contributed by atoms with Crippen LogP contribution in [0.25, 0.3) is 0 Å². The number of nitrogens with one attached hydrogen (secondary N) is 2. The number of carbonyl (C=O) groups excluding carboxylic acids is 3. The number of amides is 3. The molecule has 1 aliphatic heterocycles. The Labute approximate surface area is 170 Å². The highest BCUT2D eigenvalue weighted by Crippen LogP contribution is 2.31. The van der Waals surface area contributed by atoms with Crippen LogP contribution in [-0.2, 0) is 16.1 Å². The molecule has 2 aromatic rings. The summed E-state index contributed by atoms with van der Waals surface area (Å²) in [5.74, 6) is -0.284. The monoisotopic (exact) mass is 394 g/mol. The van der Waals surface area contributed by atoms with Crippen LogP contribution in [-0.4, -0.2) is 49.3 Å². The third-order valence-corrected chi connectivity index (χ3v) is 4.93. The summed E-state index contributed by atoms with van der Waals surface area (Å²) in [5.41, 5.74) is 2.98. The van der Waals surface area contributed by atoms with Gasteiger partial charge in [0.2, 0.25) is 11.8 Å². The van der Waals surface area contributed by atoms with Crippen molar-refractivity contribution in [3.8, 4) is 0 Å². The largest absolute Gasteiger partial charge is 0.355 e. The first-order valence-electron chi connectivity index (χ1n) is 9.59. The second-order valence-corrected chi connectivity index (χ2v) is 7.33. The number of likely N-dealkylation sites (N-methyl/N-ethyl adjacent to an activating group) is 1. The van der Waals surface area contributed by atoms with E-state index in [0.717, 1.165) is 11.3 Å². The van der Waals surface area contributed by atoms with Gasteiger partial charge in [-0.25, -0.2) is 0 Å². The van der Waals surface area contributed by atoms with Crippen LogP contribution in [0.5, 0.6) is 0 Å². The highest BCUT2D eigenvalue weighted by Gasteiger charge is 2.29. The molecular weight excluding hydrogens is 368 g/mol. The van der Waals surface area contributed by atoms with Crippen molar-refractivity contribution < 1.29 is 14.4 Å². The molecule has 7 heteroatoms. The molecule has 7 nitrogen and oxygen atoms in total. The zero-order valence-corrected chi connectivity index (χ0v) is 16.9. The van der Waals surface area contributed by atoms with Gasteiger partial charge in [0.1, 0.15) is 0 Å². The summed E-state index contributed by atoms with van der Waals surface area (Å²) in [4.78, 5) is 40.5. The van der Waals surface area contributed by atoms with Crippen LogP contribution >= 0.6 is 0 Å². The quantitative estimate of drug-likeness (QED) is 0.815. The lowest BCUT2D eigenvalue weighted by Crippen LogP contribution is -2.44. The van der Waals surface area contributed by atoms with Crippen LogP contribution in [0.2, 0.25) is 0 Å². The van der Waals surface area contributed by atoms with Crippen molar-refractivity contribution in [3.05, 3.63) is 59.7 Å². The smallest absolute Gasteiger partial charge is 0.251 e. The van der Waals surface area contributed by atoms with Crippen LogP contribution in [0.1, 0.15) is 29.3 Å². The van der Waals surface area contributed by atoms with Crippen LogP contribution < -0.4 is 15.5 Å². The van der Waals surface area contributed by atoms with Crippen molar-refractivity contribution in [3.63, 3.8) is 0 Å². The number of fused-ring (bicyclic) bond motifs is 1. The van der Waals surface area contributed by atoms with E-state index in [0.29, 0.717) is 17.8 Å². The van der Waals surface area contributed by atoms with E-state index in [1.54, 1.807) is 24.1 Å². The van der Waals surface area contributed by atoms with Gasteiger partial charge in [0.15, 0.2) is 0 Å². The van der Waals surface area contributed by atoms with Gasteiger partial charge in [0, 0.05) is 31.6 Å². The van der Waals surface area contributed by atoms with Crippen molar-refractivity contribution in [1.29, 1.82) is 0 Å². The van der Waals surface area contributed by atoms with Crippen molar-refractivity contribution in [2.24, 2.45) is 0 Å². The maximum atomic E-state index is 13.1.